The summed E-state index contributed by atoms with van der Waals surface area (Å²) in [6.45, 7) is 0. The van der Waals surface area contributed by atoms with Crippen LogP contribution in [0.2, 0.25) is 5.02 Å². The van der Waals surface area contributed by atoms with Crippen molar-refractivity contribution >= 4 is 11.6 Å². The van der Waals surface area contributed by atoms with Crippen molar-refractivity contribution in [3.63, 3.8) is 0 Å². The van der Waals surface area contributed by atoms with Gasteiger partial charge in [-0.1, -0.05) is 55.5 Å². The van der Waals surface area contributed by atoms with Crippen LogP contribution in [0.15, 0.2) is 24.3 Å². The van der Waals surface area contributed by atoms with Crippen molar-refractivity contribution in [2.75, 3.05) is 0 Å². The molecule has 0 unspecified atom stereocenters. The molecule has 1 fully saturated rings. The number of hydrogen-bond acceptors (Lipinski definition) is 0. The Morgan fingerprint density at radius 3 is 2.54 bits per heavy atom. The van der Waals surface area contributed by atoms with E-state index in [0.29, 0.717) is 0 Å². The van der Waals surface area contributed by atoms with E-state index in [1.807, 2.05) is 12.1 Å². The van der Waals surface area contributed by atoms with Crippen molar-refractivity contribution in [2.24, 2.45) is 5.92 Å². The minimum absolute atomic E-state index is 0.889. The van der Waals surface area contributed by atoms with Crippen molar-refractivity contribution in [1.29, 1.82) is 0 Å². The Hall–Kier alpha value is -0.490. The molecule has 13 heavy (non-hydrogen) atoms. The lowest BCUT2D eigenvalue weighted by atomic mass is 9.98. The zero-order valence-electron chi connectivity index (χ0n) is 7.80. The maximum absolute atomic E-state index is 6.10. The minimum Gasteiger partial charge on any atom is -0.0840 e. The summed E-state index contributed by atoms with van der Waals surface area (Å²) in [6, 6.07) is 8.23. The van der Waals surface area contributed by atoms with Gasteiger partial charge in [-0.05, 0) is 24.0 Å². The standard InChI is InChI=1S/C12H15Cl/c13-12-8-4-3-7-11(12)9-10-5-1-2-6-10/h3-4,7-8,10H,1-2,5-6,9H2. The summed E-state index contributed by atoms with van der Waals surface area (Å²) < 4.78 is 0. The molecule has 1 aliphatic rings. The Morgan fingerprint density at radius 2 is 1.85 bits per heavy atom. The van der Waals surface area contributed by atoms with Crippen molar-refractivity contribution in [1.82, 2.24) is 0 Å². The molecule has 0 radical (unpaired) electrons. The topological polar surface area (TPSA) is 0 Å². The third kappa shape index (κ3) is 2.25. The van der Waals surface area contributed by atoms with E-state index in [1.54, 1.807) is 0 Å². The Morgan fingerprint density at radius 1 is 1.15 bits per heavy atom. The molecule has 2 rings (SSSR count). The summed E-state index contributed by atoms with van der Waals surface area (Å²) in [6.07, 6.45) is 6.79. The van der Waals surface area contributed by atoms with Crippen LogP contribution in [0.3, 0.4) is 0 Å². The predicted molar refractivity (Wildman–Crippen MR) is 57.1 cm³/mol. The van der Waals surface area contributed by atoms with E-state index in [2.05, 4.69) is 12.1 Å². The lowest BCUT2D eigenvalue weighted by molar-refractivity contribution is 0.546. The molecular formula is C12H15Cl. The number of benzene rings is 1. The van der Waals surface area contributed by atoms with Crippen LogP contribution >= 0.6 is 11.6 Å². The van der Waals surface area contributed by atoms with Crippen LogP contribution < -0.4 is 0 Å². The second-order valence-corrected chi connectivity index (χ2v) is 4.35. The largest absolute Gasteiger partial charge is 0.0840 e. The van der Waals surface area contributed by atoms with Gasteiger partial charge in [0, 0.05) is 5.02 Å². The van der Waals surface area contributed by atoms with Crippen LogP contribution in [-0.4, -0.2) is 0 Å². The molecule has 0 saturated heterocycles. The van der Waals surface area contributed by atoms with Gasteiger partial charge in [-0.15, -0.1) is 0 Å². The second kappa shape index (κ2) is 4.15. The molecule has 0 heterocycles. The van der Waals surface area contributed by atoms with Gasteiger partial charge in [0.2, 0.25) is 0 Å². The molecule has 1 aromatic carbocycles. The minimum atomic E-state index is 0.889. The van der Waals surface area contributed by atoms with E-state index in [0.717, 1.165) is 10.9 Å². The van der Waals surface area contributed by atoms with Crippen molar-refractivity contribution in [2.45, 2.75) is 32.1 Å². The van der Waals surface area contributed by atoms with Gasteiger partial charge < -0.3 is 0 Å². The smallest absolute Gasteiger partial charge is 0.0438 e. The average molecular weight is 195 g/mol. The lowest BCUT2D eigenvalue weighted by Gasteiger charge is -2.09. The van der Waals surface area contributed by atoms with Gasteiger partial charge in [0.25, 0.3) is 0 Å². The molecular weight excluding hydrogens is 180 g/mol. The van der Waals surface area contributed by atoms with E-state index in [-0.39, 0.29) is 0 Å². The van der Waals surface area contributed by atoms with E-state index in [4.69, 9.17) is 11.6 Å². The molecule has 0 aliphatic heterocycles. The molecule has 0 amide bonds. The summed E-state index contributed by atoms with van der Waals surface area (Å²) in [7, 11) is 0. The summed E-state index contributed by atoms with van der Waals surface area (Å²) in [5, 5.41) is 0.939. The molecule has 0 bridgehead atoms. The maximum atomic E-state index is 6.10. The maximum Gasteiger partial charge on any atom is 0.0438 e. The Balaban J connectivity index is 2.04. The third-order valence-corrected chi connectivity index (χ3v) is 3.31. The van der Waals surface area contributed by atoms with Gasteiger partial charge in [-0.2, -0.15) is 0 Å². The molecule has 0 atom stereocenters. The fraction of sp³-hybridized carbons (Fsp3) is 0.500. The highest BCUT2D eigenvalue weighted by molar-refractivity contribution is 6.31. The first kappa shape index (κ1) is 9.08. The molecule has 0 nitrogen and oxygen atoms in total. The fourth-order valence-electron chi connectivity index (χ4n) is 2.19. The second-order valence-electron chi connectivity index (χ2n) is 3.95. The molecule has 0 aromatic heterocycles. The fourth-order valence-corrected chi connectivity index (χ4v) is 2.40. The number of halogens is 1. The van der Waals surface area contributed by atoms with Crippen LogP contribution in [0, 0.1) is 5.92 Å². The monoisotopic (exact) mass is 194 g/mol. The summed E-state index contributed by atoms with van der Waals surface area (Å²) in [5.41, 5.74) is 1.33. The van der Waals surface area contributed by atoms with Crippen LogP contribution in [0.25, 0.3) is 0 Å². The number of rotatable bonds is 2. The molecule has 0 spiro atoms. The molecule has 1 saturated carbocycles. The summed E-state index contributed by atoms with van der Waals surface area (Å²) in [5.74, 6) is 0.889. The van der Waals surface area contributed by atoms with Crippen LogP contribution in [0.1, 0.15) is 31.2 Å². The molecule has 0 N–H and O–H groups in total. The molecule has 1 aromatic rings. The summed E-state index contributed by atoms with van der Waals surface area (Å²) >= 11 is 6.10. The van der Waals surface area contributed by atoms with Gasteiger partial charge in [0.15, 0.2) is 0 Å². The lowest BCUT2D eigenvalue weighted by Crippen LogP contribution is -1.98. The zero-order valence-corrected chi connectivity index (χ0v) is 8.56. The van der Waals surface area contributed by atoms with Crippen molar-refractivity contribution < 1.29 is 0 Å². The van der Waals surface area contributed by atoms with E-state index in [9.17, 15) is 0 Å². The van der Waals surface area contributed by atoms with Crippen molar-refractivity contribution in [3.05, 3.63) is 34.9 Å². The van der Waals surface area contributed by atoms with E-state index >= 15 is 0 Å². The van der Waals surface area contributed by atoms with Gasteiger partial charge in [-0.25, -0.2) is 0 Å². The Kier molecular flexibility index (Phi) is 2.90. The highest BCUT2D eigenvalue weighted by Gasteiger charge is 2.16. The van der Waals surface area contributed by atoms with Crippen LogP contribution in [-0.2, 0) is 6.42 Å². The molecule has 1 aliphatic carbocycles. The Bertz CT molecular complexity index is 274. The van der Waals surface area contributed by atoms with E-state index < -0.39 is 0 Å². The Labute approximate surface area is 84.9 Å². The predicted octanol–water partition coefficient (Wildman–Crippen LogP) is 4.07. The van der Waals surface area contributed by atoms with Crippen LogP contribution in [0.5, 0.6) is 0 Å². The highest BCUT2D eigenvalue weighted by atomic mass is 35.5. The van der Waals surface area contributed by atoms with Crippen LogP contribution in [0.4, 0.5) is 0 Å². The quantitative estimate of drug-likeness (QED) is 0.666. The highest BCUT2D eigenvalue weighted by Crippen LogP contribution is 2.29. The number of hydrogen-bond donors (Lipinski definition) is 0. The third-order valence-electron chi connectivity index (χ3n) is 2.94. The SMILES string of the molecule is Clc1ccccc1CC1CCCC1. The van der Waals surface area contributed by atoms with E-state index in [1.165, 1.54) is 37.7 Å². The van der Waals surface area contributed by atoms with Gasteiger partial charge in [0.1, 0.15) is 0 Å². The van der Waals surface area contributed by atoms with Gasteiger partial charge >= 0.3 is 0 Å². The first-order valence-electron chi connectivity index (χ1n) is 5.09. The van der Waals surface area contributed by atoms with Gasteiger partial charge in [-0.3, -0.25) is 0 Å². The zero-order chi connectivity index (χ0) is 9.10. The van der Waals surface area contributed by atoms with Gasteiger partial charge in [0.05, 0.1) is 0 Å². The first-order chi connectivity index (χ1) is 6.36. The normalized spacial score (nSPS) is 17.9. The summed E-state index contributed by atoms with van der Waals surface area (Å²) in [4.78, 5) is 0. The molecule has 1 heteroatoms. The average Bonchev–Trinajstić information content (AvgIpc) is 2.61. The van der Waals surface area contributed by atoms with Crippen molar-refractivity contribution in [3.8, 4) is 0 Å². The first-order valence-corrected chi connectivity index (χ1v) is 5.47. The molecule has 70 valence electrons.